The van der Waals surface area contributed by atoms with Crippen LogP contribution >= 0.6 is 7.99 Å². The molecule has 0 amide bonds. The van der Waals surface area contributed by atoms with Crippen LogP contribution < -0.4 is 23.8 Å². The standard InChI is InChI=1S/BF3.F2HO2P.Li/c2-1(3)4;1-5(2,3)4;/h;(H,3,4);/q;;+1/p-1. The van der Waals surface area contributed by atoms with Crippen molar-refractivity contribution in [3.63, 3.8) is 0 Å². The van der Waals surface area contributed by atoms with Gasteiger partial charge in [0.05, 0.1) is 0 Å². The molecule has 0 aliphatic heterocycles. The minimum absolute atomic E-state index is 0. The van der Waals surface area contributed by atoms with Crippen molar-refractivity contribution in [3.05, 3.63) is 0 Å². The van der Waals surface area contributed by atoms with Crippen molar-refractivity contribution in [1.82, 2.24) is 0 Å². The summed E-state index contributed by atoms with van der Waals surface area (Å²) in [6.07, 6.45) is 0. The van der Waals surface area contributed by atoms with Crippen LogP contribution in [0.5, 0.6) is 0 Å². The average Bonchev–Trinajstić information content (AvgIpc) is 1.19. The first-order valence-corrected chi connectivity index (χ1v) is 2.76. The summed E-state index contributed by atoms with van der Waals surface area (Å²) in [6.45, 7) is 0. The molecule has 0 rings (SSSR count). The van der Waals surface area contributed by atoms with Gasteiger partial charge in [0.25, 0.3) is 0 Å². The summed E-state index contributed by atoms with van der Waals surface area (Å²) >= 11 is 0. The second kappa shape index (κ2) is 7.61. The molecule has 0 fully saturated rings. The van der Waals surface area contributed by atoms with Gasteiger partial charge in [0.15, 0.2) is 0 Å². The van der Waals surface area contributed by atoms with Crippen LogP contribution in [0.15, 0.2) is 0 Å². The van der Waals surface area contributed by atoms with E-state index < -0.39 is 15.5 Å². The molecule has 0 aliphatic rings. The van der Waals surface area contributed by atoms with Crippen molar-refractivity contribution in [2.75, 3.05) is 0 Å². The minimum Gasteiger partial charge on any atom is -0.749 e. The molecule has 0 spiro atoms. The summed E-state index contributed by atoms with van der Waals surface area (Å²) in [4.78, 5) is 8.33. The third-order valence-corrected chi connectivity index (χ3v) is 0. The van der Waals surface area contributed by atoms with E-state index in [1.54, 1.807) is 0 Å². The van der Waals surface area contributed by atoms with E-state index in [0.717, 1.165) is 0 Å². The van der Waals surface area contributed by atoms with E-state index in [2.05, 4.69) is 0 Å². The maximum Gasteiger partial charge on any atom is 1.00 e. The normalized spacial score (nSPS) is 8.60. The second-order valence-corrected chi connectivity index (χ2v) is 1.49. The van der Waals surface area contributed by atoms with Gasteiger partial charge in [-0.3, -0.25) is 17.5 Å². The first-order chi connectivity index (χ1) is 3.73. The molecule has 0 atom stereocenters. The van der Waals surface area contributed by atoms with Gasteiger partial charge in [-0.2, -0.15) is 8.39 Å². The Morgan fingerprint density at radius 2 is 1.20 bits per heavy atom. The van der Waals surface area contributed by atoms with E-state index in [1.165, 1.54) is 0 Å². The Morgan fingerprint density at radius 1 is 1.20 bits per heavy atom. The molecule has 10 heteroatoms. The maximum atomic E-state index is 10.0. The molecule has 56 valence electrons. The number of hydrogen-bond acceptors (Lipinski definition) is 2. The average molecular weight is 176 g/mol. The van der Waals surface area contributed by atoms with Crippen molar-refractivity contribution >= 4 is 15.5 Å². The fourth-order valence-corrected chi connectivity index (χ4v) is 0. The van der Waals surface area contributed by atoms with Crippen molar-refractivity contribution < 1.29 is 49.7 Å². The van der Waals surface area contributed by atoms with Crippen molar-refractivity contribution in [1.29, 1.82) is 0 Å². The largest absolute Gasteiger partial charge is 1.00 e. The van der Waals surface area contributed by atoms with Gasteiger partial charge in [-0.1, -0.05) is 0 Å². The Kier molecular flexibility index (Phi) is 12.8. The maximum absolute atomic E-state index is 10.0. The SMILES string of the molecule is FB(F)F.O=P([O-])(F)F.[Li+]. The fourth-order valence-electron chi connectivity index (χ4n) is 0. The third kappa shape index (κ3) is 1900. The summed E-state index contributed by atoms with van der Waals surface area (Å²) < 4.78 is 57.4. The van der Waals surface area contributed by atoms with Gasteiger partial charge in [0.1, 0.15) is 0 Å². The van der Waals surface area contributed by atoms with Crippen molar-refractivity contribution in [3.8, 4) is 0 Å². The van der Waals surface area contributed by atoms with Gasteiger partial charge in [0, 0.05) is 0 Å². The van der Waals surface area contributed by atoms with E-state index >= 15 is 0 Å². The second-order valence-electron chi connectivity index (χ2n) is 0.662. The molecular formula is BF5LiO2P. The van der Waals surface area contributed by atoms with E-state index in [-0.39, 0.29) is 18.9 Å². The van der Waals surface area contributed by atoms with Crippen LogP contribution in [0.25, 0.3) is 0 Å². The number of hydrogen-bond donors (Lipinski definition) is 0. The zero-order valence-electron chi connectivity index (χ0n) is 4.73. The van der Waals surface area contributed by atoms with Gasteiger partial charge in [-0.25, -0.2) is 0 Å². The van der Waals surface area contributed by atoms with Crippen molar-refractivity contribution in [2.24, 2.45) is 0 Å². The molecule has 0 aliphatic carbocycles. The molecule has 0 aromatic carbocycles. The van der Waals surface area contributed by atoms with Gasteiger partial charge >= 0.3 is 34.4 Å². The van der Waals surface area contributed by atoms with Crippen LogP contribution in [0.3, 0.4) is 0 Å². The summed E-state index contributed by atoms with van der Waals surface area (Å²) in [5.74, 6) is 0. The summed E-state index contributed by atoms with van der Waals surface area (Å²) in [5, 5.41) is 0. The Bertz CT molecular complexity index is 90.8. The monoisotopic (exact) mass is 176 g/mol. The summed E-state index contributed by atoms with van der Waals surface area (Å²) in [6, 6.07) is 0. The Morgan fingerprint density at radius 3 is 1.20 bits per heavy atom. The molecule has 0 aromatic heterocycles. The summed E-state index contributed by atoms with van der Waals surface area (Å²) in [7, 11) is -9.56. The van der Waals surface area contributed by atoms with Crippen LogP contribution in [-0.4, -0.2) is 7.54 Å². The van der Waals surface area contributed by atoms with Crippen LogP contribution in [0, 0.1) is 0 Å². The first-order valence-electron chi connectivity index (χ1n) is 1.36. The molecule has 0 radical (unpaired) electrons. The van der Waals surface area contributed by atoms with Gasteiger partial charge in [0.2, 0.25) is 0 Å². The molecule has 2 nitrogen and oxygen atoms in total. The van der Waals surface area contributed by atoms with Gasteiger partial charge < -0.3 is 4.89 Å². The minimum atomic E-state index is -5.89. The smallest absolute Gasteiger partial charge is 0.749 e. The van der Waals surface area contributed by atoms with Crippen LogP contribution in [0.4, 0.5) is 21.3 Å². The zero-order chi connectivity index (χ0) is 8.08. The third-order valence-electron chi connectivity index (χ3n) is 0. The van der Waals surface area contributed by atoms with Gasteiger partial charge in [-0.05, 0) is 0 Å². The Balaban J connectivity index is -0.0000000910. The van der Waals surface area contributed by atoms with E-state index in [4.69, 9.17) is 9.46 Å². The fraction of sp³-hybridized carbons (Fsp3) is 0. The van der Waals surface area contributed by atoms with Crippen molar-refractivity contribution in [2.45, 2.75) is 0 Å². The first kappa shape index (κ1) is 16.8. The topological polar surface area (TPSA) is 40.1 Å². The number of halogens is 5. The molecule has 10 heavy (non-hydrogen) atoms. The molecule has 0 aromatic rings. The predicted molar refractivity (Wildman–Crippen MR) is 18.9 cm³/mol. The van der Waals surface area contributed by atoms with Crippen LogP contribution in [0.1, 0.15) is 0 Å². The summed E-state index contributed by atoms with van der Waals surface area (Å²) in [5.41, 5.74) is 0. The molecule has 0 bridgehead atoms. The Hall–Kier alpha value is 0.502. The van der Waals surface area contributed by atoms with Gasteiger partial charge in [-0.15, -0.1) is 0 Å². The van der Waals surface area contributed by atoms with E-state index in [0.29, 0.717) is 0 Å². The molecular weight excluding hydrogens is 176 g/mol. The van der Waals surface area contributed by atoms with E-state index in [9.17, 15) is 21.3 Å². The number of rotatable bonds is 0. The van der Waals surface area contributed by atoms with Crippen LogP contribution in [0.2, 0.25) is 0 Å². The quantitative estimate of drug-likeness (QED) is 0.250. The predicted octanol–water partition coefficient (Wildman–Crippen LogP) is -1.72. The Labute approximate surface area is 65.9 Å². The van der Waals surface area contributed by atoms with Crippen LogP contribution in [-0.2, 0) is 4.57 Å². The molecule has 0 heterocycles. The molecule has 0 N–H and O–H groups in total. The van der Waals surface area contributed by atoms with E-state index in [1.807, 2.05) is 0 Å². The molecule has 0 unspecified atom stereocenters. The zero-order valence-corrected chi connectivity index (χ0v) is 5.63. The molecule has 0 saturated carbocycles. The molecule has 0 saturated heterocycles.